The van der Waals surface area contributed by atoms with Crippen LogP contribution in [0.1, 0.15) is 5.69 Å². The Kier molecular flexibility index (Phi) is 5.12. The van der Waals surface area contributed by atoms with Crippen LogP contribution in [0.4, 0.5) is 4.79 Å². The Morgan fingerprint density at radius 2 is 2.14 bits per heavy atom. The number of carboxylic acid groups (broad SMARTS) is 1. The van der Waals surface area contributed by atoms with Gasteiger partial charge in [0.25, 0.3) is 0 Å². The summed E-state index contributed by atoms with van der Waals surface area (Å²) >= 11 is 0. The number of urea groups is 1. The zero-order valence-electron chi connectivity index (χ0n) is 11.9. The predicted octanol–water partition coefficient (Wildman–Crippen LogP) is -1.13. The first kappa shape index (κ1) is 15.3. The van der Waals surface area contributed by atoms with Gasteiger partial charge in [0, 0.05) is 44.5 Å². The van der Waals surface area contributed by atoms with Gasteiger partial charge in [-0.15, -0.1) is 0 Å². The van der Waals surface area contributed by atoms with Gasteiger partial charge in [-0.3, -0.25) is 5.43 Å². The van der Waals surface area contributed by atoms with E-state index in [1.165, 1.54) is 12.5 Å². The maximum absolute atomic E-state index is 11.9. The summed E-state index contributed by atoms with van der Waals surface area (Å²) in [5.41, 5.74) is 3.33. The van der Waals surface area contributed by atoms with E-state index in [9.17, 15) is 9.59 Å². The molecule has 1 aliphatic heterocycles. The number of carbonyl (C=O) groups is 2. The Hall–Kier alpha value is -2.13. The number of amides is 2. The molecule has 1 aliphatic rings. The van der Waals surface area contributed by atoms with Crippen molar-refractivity contribution in [2.24, 2.45) is 0 Å². The quantitative estimate of drug-likeness (QED) is 0.546. The molecule has 1 fully saturated rings. The molecular formula is C12H20N6O3. The summed E-state index contributed by atoms with van der Waals surface area (Å²) < 4.78 is 0. The second-order valence-electron chi connectivity index (χ2n) is 5.05. The van der Waals surface area contributed by atoms with Crippen LogP contribution in [0.5, 0.6) is 0 Å². The highest BCUT2D eigenvalue weighted by Crippen LogP contribution is 2.00. The molecule has 0 aliphatic carbocycles. The van der Waals surface area contributed by atoms with Gasteiger partial charge in [-0.2, -0.15) is 0 Å². The number of hydrogen-bond donors (Lipinski definition) is 4. The van der Waals surface area contributed by atoms with Crippen molar-refractivity contribution in [1.29, 1.82) is 0 Å². The molecular weight excluding hydrogens is 276 g/mol. The van der Waals surface area contributed by atoms with Crippen LogP contribution in [-0.4, -0.2) is 76.3 Å². The van der Waals surface area contributed by atoms with Crippen LogP contribution in [0.15, 0.2) is 12.5 Å². The van der Waals surface area contributed by atoms with Gasteiger partial charge in [-0.1, -0.05) is 0 Å². The van der Waals surface area contributed by atoms with Gasteiger partial charge in [0.05, 0.1) is 6.33 Å². The molecule has 9 heteroatoms. The molecule has 0 radical (unpaired) electrons. The second-order valence-corrected chi connectivity index (χ2v) is 5.05. The average molecular weight is 296 g/mol. The van der Waals surface area contributed by atoms with Gasteiger partial charge in [-0.25, -0.2) is 19.6 Å². The molecule has 1 aromatic heterocycles. The molecule has 0 spiro atoms. The lowest BCUT2D eigenvalue weighted by Gasteiger charge is -2.32. The first-order valence-corrected chi connectivity index (χ1v) is 6.75. The van der Waals surface area contributed by atoms with Crippen LogP contribution >= 0.6 is 0 Å². The minimum Gasteiger partial charge on any atom is -0.480 e. The summed E-state index contributed by atoms with van der Waals surface area (Å²) in [7, 11) is 2.02. The number of carbonyl (C=O) groups excluding carboxylic acids is 1. The van der Waals surface area contributed by atoms with Crippen LogP contribution in [0.2, 0.25) is 0 Å². The molecule has 2 rings (SSSR count). The van der Waals surface area contributed by atoms with Crippen molar-refractivity contribution in [1.82, 2.24) is 30.6 Å². The van der Waals surface area contributed by atoms with Crippen molar-refractivity contribution >= 4 is 12.0 Å². The Morgan fingerprint density at radius 3 is 2.71 bits per heavy atom. The Balaban J connectivity index is 1.82. The monoisotopic (exact) mass is 296 g/mol. The number of H-pyrrole nitrogens is 1. The molecule has 4 N–H and O–H groups in total. The second kappa shape index (κ2) is 7.04. The number of nitrogens with zero attached hydrogens (tertiary/aromatic N) is 3. The third-order valence-electron chi connectivity index (χ3n) is 3.35. The standard InChI is InChI=1S/C12H20N6O3/c1-17-2-4-18(5-3-17)16-12(21)15-10(11(19)20)6-9-7-13-8-14-9/h7-8,10H,2-6H2,1H3,(H,13,14)(H,19,20)(H2,15,16,21)/t10-/m1/s1. The molecule has 0 saturated carbocycles. The lowest BCUT2D eigenvalue weighted by Crippen LogP contribution is -2.57. The number of likely N-dealkylation sites (N-methyl/N-ethyl adjacent to an activating group) is 1. The highest BCUT2D eigenvalue weighted by molar-refractivity contribution is 5.82. The van der Waals surface area contributed by atoms with Crippen LogP contribution < -0.4 is 10.7 Å². The van der Waals surface area contributed by atoms with Crippen LogP contribution in [-0.2, 0) is 11.2 Å². The van der Waals surface area contributed by atoms with E-state index in [-0.39, 0.29) is 6.42 Å². The first-order chi connectivity index (χ1) is 10.0. The number of piperazine rings is 1. The van der Waals surface area contributed by atoms with Crippen molar-refractivity contribution in [2.45, 2.75) is 12.5 Å². The van der Waals surface area contributed by atoms with E-state index in [4.69, 9.17) is 5.11 Å². The first-order valence-electron chi connectivity index (χ1n) is 6.75. The molecule has 2 heterocycles. The number of imidazole rings is 1. The van der Waals surface area contributed by atoms with E-state index in [1.54, 1.807) is 5.01 Å². The number of rotatable bonds is 5. The van der Waals surface area contributed by atoms with Crippen molar-refractivity contribution in [3.05, 3.63) is 18.2 Å². The highest BCUT2D eigenvalue weighted by Gasteiger charge is 2.22. The van der Waals surface area contributed by atoms with Gasteiger partial charge < -0.3 is 20.3 Å². The Labute approximate surface area is 122 Å². The van der Waals surface area contributed by atoms with Gasteiger partial charge in [-0.05, 0) is 7.05 Å². The predicted molar refractivity (Wildman–Crippen MR) is 74.5 cm³/mol. The molecule has 21 heavy (non-hydrogen) atoms. The molecule has 1 saturated heterocycles. The fourth-order valence-electron chi connectivity index (χ4n) is 2.07. The summed E-state index contributed by atoms with van der Waals surface area (Å²) in [5, 5.41) is 13.4. The Bertz CT molecular complexity index is 469. The van der Waals surface area contributed by atoms with Crippen molar-refractivity contribution in [3.8, 4) is 0 Å². The van der Waals surface area contributed by atoms with Gasteiger partial charge in [0.2, 0.25) is 0 Å². The number of nitrogens with one attached hydrogen (secondary N) is 3. The smallest absolute Gasteiger partial charge is 0.330 e. The largest absolute Gasteiger partial charge is 0.480 e. The maximum Gasteiger partial charge on any atom is 0.330 e. The van der Waals surface area contributed by atoms with E-state index in [0.717, 1.165) is 13.1 Å². The van der Waals surface area contributed by atoms with Crippen LogP contribution in [0.3, 0.4) is 0 Å². The molecule has 0 aromatic carbocycles. The number of hydrogen-bond acceptors (Lipinski definition) is 5. The fourth-order valence-corrected chi connectivity index (χ4v) is 2.07. The zero-order valence-corrected chi connectivity index (χ0v) is 11.9. The number of aromatic nitrogens is 2. The van der Waals surface area contributed by atoms with Crippen molar-refractivity contribution in [2.75, 3.05) is 33.2 Å². The highest BCUT2D eigenvalue weighted by atomic mass is 16.4. The SMILES string of the molecule is CN1CCN(NC(=O)N[C@H](Cc2cnc[nH]2)C(=O)O)CC1. The molecule has 9 nitrogen and oxygen atoms in total. The van der Waals surface area contributed by atoms with E-state index < -0.39 is 18.0 Å². The third-order valence-corrected chi connectivity index (χ3v) is 3.35. The lowest BCUT2D eigenvalue weighted by atomic mass is 10.2. The van der Waals surface area contributed by atoms with Crippen LogP contribution in [0.25, 0.3) is 0 Å². The summed E-state index contributed by atoms with van der Waals surface area (Å²) in [4.78, 5) is 31.9. The van der Waals surface area contributed by atoms with Gasteiger partial charge in [0.15, 0.2) is 0 Å². The molecule has 1 atom stereocenters. The minimum atomic E-state index is -1.09. The molecule has 116 valence electrons. The van der Waals surface area contributed by atoms with E-state index in [2.05, 4.69) is 25.6 Å². The lowest BCUT2D eigenvalue weighted by molar-refractivity contribution is -0.139. The molecule has 2 amide bonds. The summed E-state index contributed by atoms with van der Waals surface area (Å²) in [6.07, 6.45) is 3.17. The topological polar surface area (TPSA) is 114 Å². The maximum atomic E-state index is 11.9. The van der Waals surface area contributed by atoms with Gasteiger partial charge in [0.1, 0.15) is 6.04 Å². The summed E-state index contributed by atoms with van der Waals surface area (Å²) in [6.45, 7) is 3.14. The third kappa shape index (κ3) is 4.72. The number of hydrazine groups is 1. The zero-order chi connectivity index (χ0) is 15.2. The number of aliphatic carboxylic acids is 1. The molecule has 1 aromatic rings. The molecule has 0 bridgehead atoms. The van der Waals surface area contributed by atoms with Crippen molar-refractivity contribution < 1.29 is 14.7 Å². The molecule has 0 unspecified atom stereocenters. The van der Waals surface area contributed by atoms with Crippen molar-refractivity contribution in [3.63, 3.8) is 0 Å². The Morgan fingerprint density at radius 1 is 1.43 bits per heavy atom. The van der Waals surface area contributed by atoms with E-state index >= 15 is 0 Å². The number of carboxylic acids is 1. The summed E-state index contributed by atoms with van der Waals surface area (Å²) in [6, 6.07) is -1.51. The van der Waals surface area contributed by atoms with Crippen LogP contribution in [0, 0.1) is 0 Å². The number of aromatic amines is 1. The van der Waals surface area contributed by atoms with E-state index in [0.29, 0.717) is 18.8 Å². The van der Waals surface area contributed by atoms with E-state index in [1.807, 2.05) is 7.05 Å². The average Bonchev–Trinajstić information content (AvgIpc) is 2.93. The summed E-state index contributed by atoms with van der Waals surface area (Å²) in [5.74, 6) is -1.09. The van der Waals surface area contributed by atoms with Gasteiger partial charge >= 0.3 is 12.0 Å². The fraction of sp³-hybridized carbons (Fsp3) is 0.583. The minimum absolute atomic E-state index is 0.158. The normalized spacial score (nSPS) is 18.1.